The fraction of sp³-hybridized carbons (Fsp3) is 0.562. The number of methoxy groups -OCH3 is 1. The average molecular weight is 293 g/mol. The predicted octanol–water partition coefficient (Wildman–Crippen LogP) is 4.36. The predicted molar refractivity (Wildman–Crippen MR) is 82.4 cm³/mol. The van der Waals surface area contributed by atoms with Gasteiger partial charge in [-0.1, -0.05) is 13.3 Å². The van der Waals surface area contributed by atoms with Crippen molar-refractivity contribution in [1.29, 1.82) is 0 Å². The van der Waals surface area contributed by atoms with Gasteiger partial charge in [-0.15, -0.1) is 11.6 Å². The van der Waals surface area contributed by atoms with Gasteiger partial charge in [-0.05, 0) is 36.8 Å². The van der Waals surface area contributed by atoms with E-state index in [4.69, 9.17) is 16.3 Å². The van der Waals surface area contributed by atoms with Gasteiger partial charge in [-0.25, -0.2) is 4.98 Å². The largest absolute Gasteiger partial charge is 0.497 e. The number of rotatable bonds is 6. The fourth-order valence-electron chi connectivity index (χ4n) is 3.09. The van der Waals surface area contributed by atoms with Crippen LogP contribution < -0.4 is 4.74 Å². The number of hydrogen-bond donors (Lipinski definition) is 0. The molecular weight excluding hydrogens is 272 g/mol. The lowest BCUT2D eigenvalue weighted by molar-refractivity contribution is 0.388. The second kappa shape index (κ2) is 5.28. The van der Waals surface area contributed by atoms with Crippen molar-refractivity contribution in [2.75, 3.05) is 7.11 Å². The Morgan fingerprint density at radius 3 is 2.80 bits per heavy atom. The second-order valence-corrected chi connectivity index (χ2v) is 6.12. The molecule has 3 rings (SSSR count). The molecule has 0 spiro atoms. The molecule has 1 fully saturated rings. The Hall–Kier alpha value is -1.22. The van der Waals surface area contributed by atoms with Crippen LogP contribution in [0.3, 0.4) is 0 Å². The SMILES string of the molecule is CCCC1(Cn2c(CCl)nc3ccc(OC)cc32)CC1. The lowest BCUT2D eigenvalue weighted by atomic mass is 10.0. The second-order valence-electron chi connectivity index (χ2n) is 5.85. The number of alkyl halides is 1. The minimum Gasteiger partial charge on any atom is -0.497 e. The first-order chi connectivity index (χ1) is 9.71. The highest BCUT2D eigenvalue weighted by molar-refractivity contribution is 6.16. The third kappa shape index (κ3) is 2.39. The molecule has 0 bridgehead atoms. The summed E-state index contributed by atoms with van der Waals surface area (Å²) in [6, 6.07) is 6.04. The third-order valence-corrected chi connectivity index (χ3v) is 4.62. The van der Waals surface area contributed by atoms with Crippen LogP contribution in [0.1, 0.15) is 38.4 Å². The fourth-order valence-corrected chi connectivity index (χ4v) is 3.29. The maximum atomic E-state index is 6.09. The quantitative estimate of drug-likeness (QED) is 0.740. The Labute approximate surface area is 124 Å². The van der Waals surface area contributed by atoms with Crippen LogP contribution in [0.25, 0.3) is 11.0 Å². The lowest BCUT2D eigenvalue weighted by Gasteiger charge is -2.17. The number of hydrogen-bond acceptors (Lipinski definition) is 2. The minimum absolute atomic E-state index is 0.458. The Morgan fingerprint density at radius 2 is 2.20 bits per heavy atom. The molecule has 0 radical (unpaired) electrons. The zero-order valence-corrected chi connectivity index (χ0v) is 12.9. The van der Waals surface area contributed by atoms with Gasteiger partial charge in [-0.2, -0.15) is 0 Å². The smallest absolute Gasteiger partial charge is 0.124 e. The minimum atomic E-state index is 0.458. The van der Waals surface area contributed by atoms with E-state index in [1.807, 2.05) is 12.1 Å². The molecule has 3 nitrogen and oxygen atoms in total. The van der Waals surface area contributed by atoms with E-state index in [0.717, 1.165) is 29.2 Å². The molecule has 0 N–H and O–H groups in total. The Kier molecular flexibility index (Phi) is 3.63. The van der Waals surface area contributed by atoms with Crippen LogP contribution in [0.4, 0.5) is 0 Å². The Balaban J connectivity index is 2.02. The Bertz CT molecular complexity index is 616. The monoisotopic (exact) mass is 292 g/mol. The summed E-state index contributed by atoms with van der Waals surface area (Å²) in [5, 5.41) is 0. The van der Waals surface area contributed by atoms with Crippen LogP contribution >= 0.6 is 11.6 Å². The first-order valence-corrected chi connectivity index (χ1v) is 7.84. The zero-order chi connectivity index (χ0) is 14.2. The van der Waals surface area contributed by atoms with E-state index in [1.54, 1.807) is 7.11 Å². The molecule has 0 aliphatic heterocycles. The average Bonchev–Trinajstić information content (AvgIpc) is 3.14. The molecule has 1 aliphatic rings. The van der Waals surface area contributed by atoms with Crippen molar-refractivity contribution in [3.05, 3.63) is 24.0 Å². The van der Waals surface area contributed by atoms with E-state index >= 15 is 0 Å². The van der Waals surface area contributed by atoms with Crippen LogP contribution in [-0.2, 0) is 12.4 Å². The van der Waals surface area contributed by atoms with E-state index in [0.29, 0.717) is 11.3 Å². The highest BCUT2D eigenvalue weighted by Crippen LogP contribution is 2.51. The Morgan fingerprint density at radius 1 is 1.40 bits per heavy atom. The summed E-state index contributed by atoms with van der Waals surface area (Å²) in [6.07, 6.45) is 5.18. The molecule has 1 aromatic carbocycles. The molecule has 1 saturated carbocycles. The van der Waals surface area contributed by atoms with Crippen molar-refractivity contribution in [2.45, 2.75) is 45.0 Å². The van der Waals surface area contributed by atoms with Crippen molar-refractivity contribution in [3.8, 4) is 5.75 Å². The normalized spacial score (nSPS) is 16.6. The van der Waals surface area contributed by atoms with E-state index in [-0.39, 0.29) is 0 Å². The molecule has 2 aromatic rings. The third-order valence-electron chi connectivity index (χ3n) is 4.38. The van der Waals surface area contributed by atoms with Crippen molar-refractivity contribution < 1.29 is 4.74 Å². The van der Waals surface area contributed by atoms with Crippen LogP contribution in [0.5, 0.6) is 5.75 Å². The molecule has 1 heterocycles. The summed E-state index contributed by atoms with van der Waals surface area (Å²) in [4.78, 5) is 4.65. The topological polar surface area (TPSA) is 27.1 Å². The van der Waals surface area contributed by atoms with Gasteiger partial charge in [0.25, 0.3) is 0 Å². The van der Waals surface area contributed by atoms with Crippen LogP contribution in [0.15, 0.2) is 18.2 Å². The molecular formula is C16H21ClN2O. The first kappa shape index (κ1) is 13.7. The number of imidazole rings is 1. The van der Waals surface area contributed by atoms with Gasteiger partial charge < -0.3 is 9.30 Å². The van der Waals surface area contributed by atoms with E-state index in [2.05, 4.69) is 22.5 Å². The number of fused-ring (bicyclic) bond motifs is 1. The number of ether oxygens (including phenoxy) is 1. The summed E-state index contributed by atoms with van der Waals surface area (Å²) >= 11 is 6.09. The van der Waals surface area contributed by atoms with Crippen molar-refractivity contribution in [2.24, 2.45) is 5.41 Å². The van der Waals surface area contributed by atoms with Crippen molar-refractivity contribution >= 4 is 22.6 Å². The van der Waals surface area contributed by atoms with Gasteiger partial charge in [0.05, 0.1) is 24.0 Å². The van der Waals surface area contributed by atoms with Crippen LogP contribution in [0.2, 0.25) is 0 Å². The summed E-state index contributed by atoms with van der Waals surface area (Å²) in [6.45, 7) is 3.30. The molecule has 1 aliphatic carbocycles. The van der Waals surface area contributed by atoms with E-state index < -0.39 is 0 Å². The summed E-state index contributed by atoms with van der Waals surface area (Å²) in [5.74, 6) is 2.30. The maximum Gasteiger partial charge on any atom is 0.124 e. The summed E-state index contributed by atoms with van der Waals surface area (Å²) in [5.41, 5.74) is 2.63. The van der Waals surface area contributed by atoms with Gasteiger partial charge in [0.15, 0.2) is 0 Å². The van der Waals surface area contributed by atoms with Crippen LogP contribution in [0, 0.1) is 5.41 Å². The lowest BCUT2D eigenvalue weighted by Crippen LogP contribution is -2.13. The highest BCUT2D eigenvalue weighted by Gasteiger charge is 2.42. The van der Waals surface area contributed by atoms with E-state index in [9.17, 15) is 0 Å². The van der Waals surface area contributed by atoms with Gasteiger partial charge in [-0.3, -0.25) is 0 Å². The van der Waals surface area contributed by atoms with Gasteiger partial charge in [0.1, 0.15) is 11.6 Å². The van der Waals surface area contributed by atoms with Gasteiger partial charge in [0.2, 0.25) is 0 Å². The van der Waals surface area contributed by atoms with Gasteiger partial charge >= 0.3 is 0 Å². The molecule has 20 heavy (non-hydrogen) atoms. The standard InChI is InChI=1S/C16H21ClN2O/c1-3-6-16(7-8-16)11-19-14-9-12(20-2)4-5-13(14)18-15(19)10-17/h4-5,9H,3,6-8,10-11H2,1-2H3. The van der Waals surface area contributed by atoms with Gasteiger partial charge in [0, 0.05) is 12.6 Å². The number of nitrogens with zero attached hydrogens (tertiary/aromatic N) is 2. The molecule has 108 valence electrons. The highest BCUT2D eigenvalue weighted by atomic mass is 35.5. The number of aromatic nitrogens is 2. The first-order valence-electron chi connectivity index (χ1n) is 7.30. The molecule has 0 atom stereocenters. The van der Waals surface area contributed by atoms with Crippen molar-refractivity contribution in [1.82, 2.24) is 9.55 Å². The van der Waals surface area contributed by atoms with Crippen molar-refractivity contribution in [3.63, 3.8) is 0 Å². The van der Waals surface area contributed by atoms with Crippen LogP contribution in [-0.4, -0.2) is 16.7 Å². The molecule has 1 aromatic heterocycles. The number of benzene rings is 1. The maximum absolute atomic E-state index is 6.09. The molecule has 4 heteroatoms. The molecule has 0 saturated heterocycles. The molecule has 0 unspecified atom stereocenters. The molecule has 0 amide bonds. The summed E-state index contributed by atoms with van der Waals surface area (Å²) in [7, 11) is 1.70. The van der Waals surface area contributed by atoms with E-state index in [1.165, 1.54) is 25.7 Å². The number of halogens is 1. The zero-order valence-electron chi connectivity index (χ0n) is 12.2. The summed E-state index contributed by atoms with van der Waals surface area (Å²) < 4.78 is 7.64.